The smallest absolute Gasteiger partial charge is 0.408 e. The fraction of sp³-hybridized carbons (Fsp3) is 0.235. The van der Waals surface area contributed by atoms with Crippen molar-refractivity contribution in [2.45, 2.75) is 24.4 Å². The summed E-state index contributed by atoms with van der Waals surface area (Å²) in [6.45, 7) is 0. The van der Waals surface area contributed by atoms with Gasteiger partial charge in [0.05, 0.1) is 11.6 Å². The molecule has 1 saturated carbocycles. The number of aromatic amines is 1. The molecule has 106 valence electrons. The highest BCUT2D eigenvalue weighted by atomic mass is 16.4. The molecule has 1 atom stereocenters. The van der Waals surface area contributed by atoms with Gasteiger partial charge in [0.25, 0.3) is 0 Å². The molecule has 1 heterocycles. The predicted molar refractivity (Wildman–Crippen MR) is 79.1 cm³/mol. The van der Waals surface area contributed by atoms with E-state index in [1.54, 1.807) is 12.1 Å². The normalized spacial score (nSPS) is 17.8. The Morgan fingerprint density at radius 2 is 1.90 bits per heavy atom. The second kappa shape index (κ2) is 4.33. The van der Waals surface area contributed by atoms with Crippen LogP contribution in [-0.4, -0.2) is 10.1 Å². The zero-order valence-corrected chi connectivity index (χ0v) is 11.4. The van der Waals surface area contributed by atoms with Crippen molar-refractivity contribution in [3.63, 3.8) is 0 Å². The molecule has 3 aromatic rings. The Labute approximate surface area is 121 Å². The van der Waals surface area contributed by atoms with Crippen LogP contribution in [0.2, 0.25) is 0 Å². The maximum absolute atomic E-state index is 11.2. The molecule has 0 spiro atoms. The van der Waals surface area contributed by atoms with Gasteiger partial charge in [-0.3, -0.25) is 4.98 Å². The summed E-state index contributed by atoms with van der Waals surface area (Å²) >= 11 is 0. The monoisotopic (exact) mass is 281 g/mol. The van der Waals surface area contributed by atoms with Gasteiger partial charge in [0, 0.05) is 5.41 Å². The van der Waals surface area contributed by atoms with Crippen molar-refractivity contribution in [2.75, 3.05) is 0 Å². The number of benzene rings is 2. The summed E-state index contributed by atoms with van der Waals surface area (Å²) in [4.78, 5) is 13.8. The van der Waals surface area contributed by atoms with Crippen LogP contribution in [0.15, 0.2) is 57.7 Å². The van der Waals surface area contributed by atoms with Crippen LogP contribution < -0.4 is 5.76 Å². The van der Waals surface area contributed by atoms with Gasteiger partial charge < -0.3 is 9.52 Å². The maximum atomic E-state index is 11.2. The van der Waals surface area contributed by atoms with Crippen LogP contribution in [0.5, 0.6) is 0 Å². The van der Waals surface area contributed by atoms with Crippen LogP contribution in [0, 0.1) is 0 Å². The first-order valence-corrected chi connectivity index (χ1v) is 7.05. The minimum atomic E-state index is -0.593. The summed E-state index contributed by atoms with van der Waals surface area (Å²) in [5.41, 5.74) is 2.88. The molecule has 4 nitrogen and oxygen atoms in total. The Balaban J connectivity index is 1.76. The van der Waals surface area contributed by atoms with Crippen LogP contribution in [-0.2, 0) is 5.41 Å². The topological polar surface area (TPSA) is 66.2 Å². The van der Waals surface area contributed by atoms with Gasteiger partial charge in [0.2, 0.25) is 0 Å². The molecule has 1 aliphatic rings. The molecule has 2 N–H and O–H groups in total. The van der Waals surface area contributed by atoms with Crippen molar-refractivity contribution in [2.24, 2.45) is 0 Å². The van der Waals surface area contributed by atoms with E-state index < -0.39 is 11.9 Å². The number of fused-ring (bicyclic) bond motifs is 1. The molecule has 4 heteroatoms. The van der Waals surface area contributed by atoms with E-state index in [0.29, 0.717) is 11.1 Å². The third-order valence-corrected chi connectivity index (χ3v) is 4.42. The van der Waals surface area contributed by atoms with Gasteiger partial charge in [-0.1, -0.05) is 36.4 Å². The van der Waals surface area contributed by atoms with E-state index in [1.165, 1.54) is 0 Å². The molecule has 0 aliphatic heterocycles. The molecule has 1 aromatic heterocycles. The second-order valence-corrected chi connectivity index (χ2v) is 5.69. The van der Waals surface area contributed by atoms with Crippen molar-refractivity contribution in [3.8, 4) is 0 Å². The minimum absolute atomic E-state index is 0.203. The lowest BCUT2D eigenvalue weighted by Crippen LogP contribution is -2.18. The average Bonchev–Trinajstić information content (AvgIpc) is 3.23. The van der Waals surface area contributed by atoms with Crippen LogP contribution in [0.25, 0.3) is 11.1 Å². The lowest BCUT2D eigenvalue weighted by molar-refractivity contribution is 0.133. The third-order valence-electron chi connectivity index (χ3n) is 4.42. The third kappa shape index (κ3) is 1.91. The Bertz CT molecular complexity index is 843. The number of H-pyrrole nitrogens is 1. The van der Waals surface area contributed by atoms with Crippen molar-refractivity contribution < 1.29 is 9.52 Å². The van der Waals surface area contributed by atoms with Crippen LogP contribution in [0.1, 0.15) is 30.1 Å². The number of aromatic nitrogens is 1. The number of oxazole rings is 1. The highest BCUT2D eigenvalue weighted by Gasteiger charge is 2.50. The second-order valence-electron chi connectivity index (χ2n) is 5.69. The first-order chi connectivity index (χ1) is 10.2. The molecule has 2 aromatic carbocycles. The van der Waals surface area contributed by atoms with E-state index in [1.807, 2.05) is 24.3 Å². The zero-order valence-electron chi connectivity index (χ0n) is 11.4. The van der Waals surface area contributed by atoms with Gasteiger partial charge in [-0.05, 0) is 36.1 Å². The average molecular weight is 281 g/mol. The molecule has 1 fully saturated rings. The quantitative estimate of drug-likeness (QED) is 0.775. The van der Waals surface area contributed by atoms with Crippen molar-refractivity contribution >= 4 is 11.1 Å². The number of hydrogen-bond acceptors (Lipinski definition) is 3. The summed E-state index contributed by atoms with van der Waals surface area (Å²) < 4.78 is 5.08. The van der Waals surface area contributed by atoms with Crippen molar-refractivity contribution in [1.82, 2.24) is 4.98 Å². The van der Waals surface area contributed by atoms with E-state index in [4.69, 9.17) is 4.42 Å². The molecule has 0 amide bonds. The van der Waals surface area contributed by atoms with Gasteiger partial charge in [0.1, 0.15) is 0 Å². The number of hydrogen-bond donors (Lipinski definition) is 2. The molecular weight excluding hydrogens is 266 g/mol. The first-order valence-electron chi connectivity index (χ1n) is 7.05. The fourth-order valence-electron chi connectivity index (χ4n) is 3.08. The zero-order chi connectivity index (χ0) is 14.4. The van der Waals surface area contributed by atoms with E-state index in [2.05, 4.69) is 17.1 Å². The standard InChI is InChI=1S/C17H15NO3/c19-15(17(8-9-17)12-4-2-1-3-5-12)11-6-7-13-14(10-11)21-16(20)18-13/h1-7,10,15,19H,8-9H2,(H,18,20). The van der Waals surface area contributed by atoms with Crippen LogP contribution >= 0.6 is 0 Å². The largest absolute Gasteiger partial charge is 0.417 e. The fourth-order valence-corrected chi connectivity index (χ4v) is 3.08. The van der Waals surface area contributed by atoms with Gasteiger partial charge in [0.15, 0.2) is 5.58 Å². The lowest BCUT2D eigenvalue weighted by atomic mass is 9.86. The Morgan fingerprint density at radius 1 is 1.14 bits per heavy atom. The van der Waals surface area contributed by atoms with Crippen molar-refractivity contribution in [1.29, 1.82) is 0 Å². The highest BCUT2D eigenvalue weighted by Crippen LogP contribution is 2.56. The van der Waals surface area contributed by atoms with Gasteiger partial charge in [-0.25, -0.2) is 4.79 Å². The molecule has 1 unspecified atom stereocenters. The lowest BCUT2D eigenvalue weighted by Gasteiger charge is -2.23. The molecule has 0 bridgehead atoms. The summed E-state index contributed by atoms with van der Waals surface area (Å²) in [7, 11) is 0. The number of aliphatic hydroxyl groups is 1. The number of nitrogens with one attached hydrogen (secondary N) is 1. The van der Waals surface area contributed by atoms with Crippen LogP contribution in [0.3, 0.4) is 0 Å². The van der Waals surface area contributed by atoms with E-state index >= 15 is 0 Å². The number of aliphatic hydroxyl groups excluding tert-OH is 1. The summed E-state index contributed by atoms with van der Waals surface area (Å²) in [5.74, 6) is -0.471. The van der Waals surface area contributed by atoms with Gasteiger partial charge in [-0.15, -0.1) is 0 Å². The maximum Gasteiger partial charge on any atom is 0.417 e. The van der Waals surface area contributed by atoms with Crippen LogP contribution in [0.4, 0.5) is 0 Å². The summed E-state index contributed by atoms with van der Waals surface area (Å²) in [6.07, 6.45) is 1.34. The Hall–Kier alpha value is -2.33. The Kier molecular flexibility index (Phi) is 2.56. The van der Waals surface area contributed by atoms with E-state index in [0.717, 1.165) is 24.0 Å². The molecule has 1 aliphatic carbocycles. The predicted octanol–water partition coefficient (Wildman–Crippen LogP) is 2.89. The molecule has 21 heavy (non-hydrogen) atoms. The van der Waals surface area contributed by atoms with Gasteiger partial charge in [-0.2, -0.15) is 0 Å². The molecule has 0 radical (unpaired) electrons. The summed E-state index contributed by atoms with van der Waals surface area (Å²) in [5, 5.41) is 10.8. The van der Waals surface area contributed by atoms with E-state index in [9.17, 15) is 9.90 Å². The first kappa shape index (κ1) is 12.4. The number of rotatable bonds is 3. The molecule has 4 rings (SSSR count). The highest BCUT2D eigenvalue weighted by molar-refractivity contribution is 5.73. The van der Waals surface area contributed by atoms with Gasteiger partial charge >= 0.3 is 5.76 Å². The Morgan fingerprint density at radius 3 is 2.62 bits per heavy atom. The van der Waals surface area contributed by atoms with Crippen molar-refractivity contribution in [3.05, 3.63) is 70.2 Å². The van der Waals surface area contributed by atoms with E-state index in [-0.39, 0.29) is 5.41 Å². The SMILES string of the molecule is O=c1[nH]c2ccc(C(O)C3(c4ccccc4)CC3)cc2o1. The molecular formula is C17H15NO3. The molecule has 0 saturated heterocycles. The summed E-state index contributed by atoms with van der Waals surface area (Å²) in [6, 6.07) is 15.5. The minimum Gasteiger partial charge on any atom is -0.408 e.